The van der Waals surface area contributed by atoms with Gasteiger partial charge in [-0.15, -0.1) is 0 Å². The molecule has 0 aromatic carbocycles. The molecule has 0 aromatic rings. The number of rotatable bonds is 7. The van der Waals surface area contributed by atoms with Crippen LogP contribution in [0.25, 0.3) is 0 Å². The molecule has 0 radical (unpaired) electrons. The van der Waals surface area contributed by atoms with Gasteiger partial charge in [-0.05, 0) is 19.8 Å². The van der Waals surface area contributed by atoms with Crippen LogP contribution >= 0.6 is 15.9 Å². The molecule has 0 amide bonds. The topological polar surface area (TPSA) is 9.23 Å². The summed E-state index contributed by atoms with van der Waals surface area (Å²) in [5.41, 5.74) is 0. The lowest BCUT2D eigenvalue weighted by molar-refractivity contribution is -0.130. The second-order valence-corrected chi connectivity index (χ2v) is 4.43. The van der Waals surface area contributed by atoms with Gasteiger partial charge in [0.2, 0.25) is 5.76 Å². The molecule has 0 N–H and O–H groups in total. The summed E-state index contributed by atoms with van der Waals surface area (Å²) in [5, 5.41) is 0. The van der Waals surface area contributed by atoms with Crippen LogP contribution in [-0.2, 0) is 4.74 Å². The van der Waals surface area contributed by atoms with Crippen LogP contribution in [0.5, 0.6) is 0 Å². The maximum atomic E-state index is 12.5. The summed E-state index contributed by atoms with van der Waals surface area (Å²) in [5.74, 6) is -0.883. The van der Waals surface area contributed by atoms with E-state index in [1.165, 1.54) is 0 Å². The van der Waals surface area contributed by atoms with Crippen LogP contribution in [-0.4, -0.2) is 12.8 Å². The second kappa shape index (κ2) is 7.98. The van der Waals surface area contributed by atoms with Gasteiger partial charge >= 0.3 is 6.18 Å². The summed E-state index contributed by atoms with van der Waals surface area (Å²) in [4.78, 5) is 0. The van der Waals surface area contributed by atoms with Crippen molar-refractivity contribution in [2.75, 3.05) is 6.61 Å². The summed E-state index contributed by atoms with van der Waals surface area (Å²) < 4.78 is 42.3. The molecule has 0 aliphatic carbocycles. The van der Waals surface area contributed by atoms with Crippen LogP contribution in [0, 0.1) is 0 Å². The lowest BCUT2D eigenvalue weighted by Crippen LogP contribution is -2.16. The monoisotopic (exact) mass is 302 g/mol. The molecule has 0 bridgehead atoms. The minimum atomic E-state index is -4.40. The summed E-state index contributed by atoms with van der Waals surface area (Å²) >= 11 is 2.97. The molecule has 0 aliphatic rings. The number of allylic oxidation sites excluding steroid dienone is 2. The van der Waals surface area contributed by atoms with E-state index in [-0.39, 0.29) is 11.1 Å². The van der Waals surface area contributed by atoms with Gasteiger partial charge in [0.25, 0.3) is 0 Å². The lowest BCUT2D eigenvalue weighted by atomic mass is 10.1. The van der Waals surface area contributed by atoms with E-state index < -0.39 is 11.9 Å². The zero-order chi connectivity index (χ0) is 12.6. The fourth-order valence-electron chi connectivity index (χ4n) is 1.28. The molecule has 96 valence electrons. The maximum absolute atomic E-state index is 12.5. The van der Waals surface area contributed by atoms with Crippen molar-refractivity contribution >= 4 is 15.9 Å². The van der Waals surface area contributed by atoms with Crippen LogP contribution < -0.4 is 0 Å². The minimum Gasteiger partial charge on any atom is -0.489 e. The summed E-state index contributed by atoms with van der Waals surface area (Å²) in [6.07, 6.45) is -0.201. The van der Waals surface area contributed by atoms with Gasteiger partial charge in [0.15, 0.2) is 0 Å². The van der Waals surface area contributed by atoms with Crippen molar-refractivity contribution in [2.45, 2.75) is 52.1 Å². The second-order valence-electron chi connectivity index (χ2n) is 3.48. The highest BCUT2D eigenvalue weighted by Crippen LogP contribution is 2.33. The summed E-state index contributed by atoms with van der Waals surface area (Å²) in [6.45, 7) is 3.63. The third kappa shape index (κ3) is 6.40. The van der Waals surface area contributed by atoms with E-state index in [1.54, 1.807) is 6.92 Å². The van der Waals surface area contributed by atoms with Gasteiger partial charge < -0.3 is 4.74 Å². The SMILES string of the molecule is CCCCCC/C(Br)=C(/OCC)C(F)(F)F. The highest BCUT2D eigenvalue weighted by Gasteiger charge is 2.37. The van der Waals surface area contributed by atoms with Crippen LogP contribution in [0.1, 0.15) is 46.0 Å². The number of unbranched alkanes of at least 4 members (excludes halogenated alkanes) is 3. The van der Waals surface area contributed by atoms with Crippen LogP contribution in [0.15, 0.2) is 10.2 Å². The quantitative estimate of drug-likeness (QED) is 0.466. The predicted octanol–water partition coefficient (Wildman–Crippen LogP) is 5.16. The van der Waals surface area contributed by atoms with Crippen molar-refractivity contribution in [3.05, 3.63) is 10.2 Å². The Balaban J connectivity index is 4.35. The first kappa shape index (κ1) is 15.8. The van der Waals surface area contributed by atoms with Gasteiger partial charge in [-0.25, -0.2) is 0 Å². The molecular formula is C11H18BrF3O. The first-order chi connectivity index (χ1) is 7.43. The molecule has 0 fully saturated rings. The normalized spacial score (nSPS) is 13.6. The third-order valence-corrected chi connectivity index (χ3v) is 2.80. The van der Waals surface area contributed by atoms with Gasteiger partial charge in [0, 0.05) is 4.48 Å². The zero-order valence-electron chi connectivity index (χ0n) is 9.66. The first-order valence-corrected chi connectivity index (χ1v) is 6.31. The van der Waals surface area contributed by atoms with Crippen molar-refractivity contribution in [2.24, 2.45) is 0 Å². The Morgan fingerprint density at radius 2 is 1.75 bits per heavy atom. The Morgan fingerprint density at radius 3 is 2.19 bits per heavy atom. The van der Waals surface area contributed by atoms with E-state index in [9.17, 15) is 13.2 Å². The Hall–Kier alpha value is -0.190. The molecule has 0 heterocycles. The number of alkyl halides is 3. The molecular weight excluding hydrogens is 285 g/mol. The Labute approximate surface area is 103 Å². The molecule has 0 rings (SSSR count). The standard InChI is InChI=1S/C11H18BrF3O/c1-3-5-6-7-8-9(12)10(16-4-2)11(13,14)15/h3-8H2,1-2H3/b10-9-. The lowest BCUT2D eigenvalue weighted by Gasteiger charge is -2.14. The molecule has 16 heavy (non-hydrogen) atoms. The van der Waals surface area contributed by atoms with Crippen molar-refractivity contribution in [3.63, 3.8) is 0 Å². The van der Waals surface area contributed by atoms with Crippen LogP contribution in [0.4, 0.5) is 13.2 Å². The number of hydrogen-bond acceptors (Lipinski definition) is 1. The van der Waals surface area contributed by atoms with E-state index in [4.69, 9.17) is 0 Å². The first-order valence-electron chi connectivity index (χ1n) is 5.52. The van der Waals surface area contributed by atoms with E-state index in [0.717, 1.165) is 25.7 Å². The van der Waals surface area contributed by atoms with E-state index in [2.05, 4.69) is 27.6 Å². The largest absolute Gasteiger partial charge is 0.489 e. The van der Waals surface area contributed by atoms with Crippen molar-refractivity contribution < 1.29 is 17.9 Å². The zero-order valence-corrected chi connectivity index (χ0v) is 11.2. The molecule has 0 saturated carbocycles. The van der Waals surface area contributed by atoms with Gasteiger partial charge in [0.1, 0.15) is 0 Å². The maximum Gasteiger partial charge on any atom is 0.449 e. The Kier molecular flexibility index (Phi) is 7.89. The molecule has 0 saturated heterocycles. The van der Waals surface area contributed by atoms with Crippen LogP contribution in [0.2, 0.25) is 0 Å². The van der Waals surface area contributed by atoms with Gasteiger partial charge in [-0.1, -0.05) is 42.1 Å². The van der Waals surface area contributed by atoms with Gasteiger partial charge in [0.05, 0.1) is 6.61 Å². The van der Waals surface area contributed by atoms with E-state index in [0.29, 0.717) is 6.42 Å². The van der Waals surface area contributed by atoms with E-state index in [1.807, 2.05) is 0 Å². The molecule has 1 nitrogen and oxygen atoms in total. The molecule has 0 aliphatic heterocycles. The molecule has 5 heteroatoms. The average molecular weight is 303 g/mol. The van der Waals surface area contributed by atoms with Crippen molar-refractivity contribution in [3.8, 4) is 0 Å². The fourth-order valence-corrected chi connectivity index (χ4v) is 1.90. The minimum absolute atomic E-state index is 0.0267. The Bertz CT molecular complexity index is 224. The number of hydrogen-bond donors (Lipinski definition) is 0. The Morgan fingerprint density at radius 1 is 1.12 bits per heavy atom. The smallest absolute Gasteiger partial charge is 0.449 e. The number of halogens is 4. The van der Waals surface area contributed by atoms with Crippen molar-refractivity contribution in [1.82, 2.24) is 0 Å². The number of ether oxygens (including phenoxy) is 1. The molecule has 0 atom stereocenters. The third-order valence-electron chi connectivity index (χ3n) is 2.04. The fraction of sp³-hybridized carbons (Fsp3) is 0.818. The predicted molar refractivity (Wildman–Crippen MR) is 62.4 cm³/mol. The molecule has 0 aromatic heterocycles. The van der Waals surface area contributed by atoms with Gasteiger partial charge in [-0.2, -0.15) is 13.2 Å². The summed E-state index contributed by atoms with van der Waals surface area (Å²) in [7, 11) is 0. The summed E-state index contributed by atoms with van der Waals surface area (Å²) in [6, 6.07) is 0. The van der Waals surface area contributed by atoms with E-state index >= 15 is 0 Å². The highest BCUT2D eigenvalue weighted by molar-refractivity contribution is 9.11. The molecule has 0 unspecified atom stereocenters. The average Bonchev–Trinajstić information content (AvgIpc) is 2.19. The van der Waals surface area contributed by atoms with Crippen molar-refractivity contribution in [1.29, 1.82) is 0 Å². The highest BCUT2D eigenvalue weighted by atomic mass is 79.9. The van der Waals surface area contributed by atoms with Gasteiger partial charge in [-0.3, -0.25) is 0 Å². The molecule has 0 spiro atoms. The van der Waals surface area contributed by atoms with Crippen LogP contribution in [0.3, 0.4) is 0 Å².